The lowest BCUT2D eigenvalue weighted by Gasteiger charge is -2.35. The number of aromatic nitrogens is 3. The second kappa shape index (κ2) is 5.48. The van der Waals surface area contributed by atoms with E-state index in [4.69, 9.17) is 0 Å². The summed E-state index contributed by atoms with van der Waals surface area (Å²) in [6.07, 6.45) is 4.66. The molecular weight excluding hydrogens is 268 g/mol. The van der Waals surface area contributed by atoms with E-state index in [1.165, 1.54) is 23.6 Å². The first-order valence-electron chi connectivity index (χ1n) is 6.92. The van der Waals surface area contributed by atoms with Crippen molar-refractivity contribution < 1.29 is 0 Å². The van der Waals surface area contributed by atoms with Crippen LogP contribution >= 0.6 is 11.8 Å². The summed E-state index contributed by atoms with van der Waals surface area (Å²) in [6, 6.07) is 8.95. The molecule has 0 aliphatic carbocycles. The Labute approximate surface area is 124 Å². The van der Waals surface area contributed by atoms with E-state index in [9.17, 15) is 0 Å². The lowest BCUT2D eigenvalue weighted by molar-refractivity contribution is 0.358. The normalized spacial score (nSPS) is 21.6. The molecule has 0 amide bonds. The molecule has 1 N–H and O–H groups in total. The van der Waals surface area contributed by atoms with Gasteiger partial charge in [0.2, 0.25) is 0 Å². The number of hydrogen-bond donors (Lipinski definition) is 1. The monoisotopic (exact) mass is 288 g/mol. The summed E-state index contributed by atoms with van der Waals surface area (Å²) < 4.78 is 1.92. The van der Waals surface area contributed by atoms with E-state index in [0.717, 1.165) is 5.69 Å². The highest BCUT2D eigenvalue weighted by Gasteiger charge is 2.28. The molecule has 0 saturated carbocycles. The SMILES string of the molecule is CC1(C)CSCC(Nc2cccc(-n3cnnc3)c2)C1. The molecule has 1 atom stereocenters. The smallest absolute Gasteiger partial charge is 0.123 e. The molecule has 106 valence electrons. The maximum atomic E-state index is 3.85. The van der Waals surface area contributed by atoms with E-state index < -0.39 is 0 Å². The van der Waals surface area contributed by atoms with Gasteiger partial charge < -0.3 is 5.32 Å². The van der Waals surface area contributed by atoms with Crippen LogP contribution in [0, 0.1) is 5.41 Å². The first kappa shape index (κ1) is 13.5. The molecule has 1 aromatic heterocycles. The Hall–Kier alpha value is -1.49. The molecule has 1 unspecified atom stereocenters. The summed E-state index contributed by atoms with van der Waals surface area (Å²) in [5.74, 6) is 2.44. The minimum atomic E-state index is 0.423. The van der Waals surface area contributed by atoms with Gasteiger partial charge in [0, 0.05) is 17.5 Å². The van der Waals surface area contributed by atoms with E-state index >= 15 is 0 Å². The van der Waals surface area contributed by atoms with Crippen LogP contribution in [0.25, 0.3) is 5.69 Å². The third kappa shape index (κ3) is 3.15. The third-order valence-corrected chi connectivity index (χ3v) is 5.17. The minimum Gasteiger partial charge on any atom is -0.381 e. The van der Waals surface area contributed by atoms with Gasteiger partial charge in [-0.1, -0.05) is 19.9 Å². The van der Waals surface area contributed by atoms with E-state index in [2.05, 4.69) is 53.6 Å². The summed E-state index contributed by atoms with van der Waals surface area (Å²) in [7, 11) is 0. The summed E-state index contributed by atoms with van der Waals surface area (Å²) >= 11 is 2.04. The molecular formula is C15H20N4S. The zero-order valence-electron chi connectivity index (χ0n) is 11.9. The number of anilines is 1. The van der Waals surface area contributed by atoms with Crippen molar-refractivity contribution in [1.82, 2.24) is 14.8 Å². The molecule has 2 aromatic rings. The third-order valence-electron chi connectivity index (χ3n) is 3.54. The van der Waals surface area contributed by atoms with Crippen molar-refractivity contribution >= 4 is 17.4 Å². The molecule has 0 spiro atoms. The maximum Gasteiger partial charge on any atom is 0.123 e. The van der Waals surface area contributed by atoms with Crippen LogP contribution in [-0.2, 0) is 0 Å². The number of nitrogens with zero attached hydrogens (tertiary/aromatic N) is 3. The van der Waals surface area contributed by atoms with Gasteiger partial charge in [-0.2, -0.15) is 11.8 Å². The van der Waals surface area contributed by atoms with Crippen LogP contribution < -0.4 is 5.32 Å². The molecule has 3 rings (SSSR count). The fraction of sp³-hybridized carbons (Fsp3) is 0.467. The van der Waals surface area contributed by atoms with Crippen molar-refractivity contribution in [2.45, 2.75) is 26.3 Å². The van der Waals surface area contributed by atoms with Crippen molar-refractivity contribution in [3.05, 3.63) is 36.9 Å². The number of benzene rings is 1. The first-order valence-corrected chi connectivity index (χ1v) is 8.07. The van der Waals surface area contributed by atoms with Crippen molar-refractivity contribution in [1.29, 1.82) is 0 Å². The second-order valence-electron chi connectivity index (χ2n) is 6.14. The minimum absolute atomic E-state index is 0.423. The lowest BCUT2D eigenvalue weighted by Crippen LogP contribution is -2.35. The van der Waals surface area contributed by atoms with E-state index in [1.807, 2.05) is 16.3 Å². The van der Waals surface area contributed by atoms with Gasteiger partial charge in [-0.3, -0.25) is 4.57 Å². The number of nitrogens with one attached hydrogen (secondary N) is 1. The molecule has 5 heteroatoms. The van der Waals surface area contributed by atoms with Crippen LogP contribution in [0.3, 0.4) is 0 Å². The molecule has 1 aromatic carbocycles. The van der Waals surface area contributed by atoms with E-state index in [0.29, 0.717) is 11.5 Å². The van der Waals surface area contributed by atoms with Crippen molar-refractivity contribution in [3.63, 3.8) is 0 Å². The quantitative estimate of drug-likeness (QED) is 0.942. The first-order chi connectivity index (χ1) is 9.62. The fourth-order valence-corrected chi connectivity index (χ4v) is 3.96. The summed E-state index contributed by atoms with van der Waals surface area (Å²) in [5.41, 5.74) is 2.68. The van der Waals surface area contributed by atoms with Gasteiger partial charge in [-0.15, -0.1) is 10.2 Å². The predicted octanol–water partition coefficient (Wildman–Crippen LogP) is 3.21. The summed E-state index contributed by atoms with van der Waals surface area (Å²) in [6.45, 7) is 4.70. The molecule has 0 radical (unpaired) electrons. The zero-order chi connectivity index (χ0) is 14.0. The Balaban J connectivity index is 1.73. The Morgan fingerprint density at radius 1 is 1.30 bits per heavy atom. The zero-order valence-corrected chi connectivity index (χ0v) is 12.7. The van der Waals surface area contributed by atoms with Gasteiger partial charge >= 0.3 is 0 Å². The van der Waals surface area contributed by atoms with E-state index in [1.54, 1.807) is 12.7 Å². The topological polar surface area (TPSA) is 42.7 Å². The summed E-state index contributed by atoms with van der Waals surface area (Å²) in [4.78, 5) is 0. The Morgan fingerprint density at radius 3 is 2.85 bits per heavy atom. The lowest BCUT2D eigenvalue weighted by atomic mass is 9.88. The van der Waals surface area contributed by atoms with Gasteiger partial charge in [0.1, 0.15) is 12.7 Å². The van der Waals surface area contributed by atoms with Crippen molar-refractivity contribution in [2.75, 3.05) is 16.8 Å². The Morgan fingerprint density at radius 2 is 2.10 bits per heavy atom. The molecule has 20 heavy (non-hydrogen) atoms. The predicted molar refractivity (Wildman–Crippen MR) is 84.5 cm³/mol. The number of hydrogen-bond acceptors (Lipinski definition) is 4. The highest BCUT2D eigenvalue weighted by Crippen LogP contribution is 2.34. The molecule has 1 fully saturated rings. The van der Waals surface area contributed by atoms with Crippen molar-refractivity contribution in [3.8, 4) is 5.69 Å². The average Bonchev–Trinajstić information content (AvgIpc) is 2.91. The van der Waals surface area contributed by atoms with Crippen LogP contribution in [0.4, 0.5) is 5.69 Å². The highest BCUT2D eigenvalue weighted by atomic mass is 32.2. The molecule has 0 bridgehead atoms. The van der Waals surface area contributed by atoms with Crippen LogP contribution in [0.1, 0.15) is 20.3 Å². The second-order valence-corrected chi connectivity index (χ2v) is 7.17. The van der Waals surface area contributed by atoms with Gasteiger partial charge in [0.05, 0.1) is 5.69 Å². The standard InChI is InChI=1S/C15H20N4S/c1-15(2)7-13(8-20-9-15)18-12-4-3-5-14(6-12)19-10-16-17-11-19/h3-6,10-11,13,18H,7-9H2,1-2H3. The van der Waals surface area contributed by atoms with Gasteiger partial charge in [-0.25, -0.2) is 0 Å². The molecule has 4 nitrogen and oxygen atoms in total. The highest BCUT2D eigenvalue weighted by molar-refractivity contribution is 7.99. The molecule has 1 aliphatic rings. The summed E-state index contributed by atoms with van der Waals surface area (Å²) in [5, 5.41) is 11.4. The Kier molecular flexibility index (Phi) is 3.70. The van der Waals surface area contributed by atoms with Crippen molar-refractivity contribution in [2.24, 2.45) is 5.41 Å². The van der Waals surface area contributed by atoms with Crippen LogP contribution in [0.2, 0.25) is 0 Å². The number of rotatable bonds is 3. The fourth-order valence-electron chi connectivity index (χ4n) is 2.68. The molecule has 1 saturated heterocycles. The van der Waals surface area contributed by atoms with Gasteiger partial charge in [0.15, 0.2) is 0 Å². The van der Waals surface area contributed by atoms with Crippen LogP contribution in [-0.4, -0.2) is 32.3 Å². The van der Waals surface area contributed by atoms with Crippen LogP contribution in [0.5, 0.6) is 0 Å². The molecule has 1 aliphatic heterocycles. The number of thioether (sulfide) groups is 1. The Bertz CT molecular complexity index is 565. The average molecular weight is 288 g/mol. The van der Waals surface area contributed by atoms with E-state index in [-0.39, 0.29) is 0 Å². The molecule has 2 heterocycles. The largest absolute Gasteiger partial charge is 0.381 e. The maximum absolute atomic E-state index is 3.85. The van der Waals surface area contributed by atoms with Gasteiger partial charge in [-0.05, 0) is 35.8 Å². The van der Waals surface area contributed by atoms with Crippen LogP contribution in [0.15, 0.2) is 36.9 Å². The van der Waals surface area contributed by atoms with Gasteiger partial charge in [0.25, 0.3) is 0 Å².